The van der Waals surface area contributed by atoms with Crippen LogP contribution in [0.2, 0.25) is 0 Å². The van der Waals surface area contributed by atoms with Gasteiger partial charge in [-0.05, 0) is 92.7 Å². The van der Waals surface area contributed by atoms with Gasteiger partial charge in [0, 0.05) is 16.6 Å². The summed E-state index contributed by atoms with van der Waals surface area (Å²) in [6.07, 6.45) is 0. The zero-order valence-electron chi connectivity index (χ0n) is 22.8. The highest BCUT2D eigenvalue weighted by Crippen LogP contribution is 2.50. The van der Waals surface area contributed by atoms with E-state index in [1.54, 1.807) is 0 Å². The normalized spacial score (nSPS) is 13.6. The molecule has 11 rings (SSSR count). The summed E-state index contributed by atoms with van der Waals surface area (Å²) >= 11 is 0. The number of imidazole rings is 1. The Hall–Kier alpha value is -5.02. The lowest BCUT2D eigenvalue weighted by atomic mass is 9.32. The summed E-state index contributed by atoms with van der Waals surface area (Å²) in [5, 5.41) is 4.20. The minimum atomic E-state index is 0.198. The highest BCUT2D eigenvalue weighted by atomic mass is 15.1. The Morgan fingerprint density at radius 1 is 0.561 bits per heavy atom. The average Bonchev–Trinajstić information content (AvgIpc) is 3.63. The Morgan fingerprint density at radius 2 is 1.27 bits per heavy atom. The second-order valence-corrected chi connectivity index (χ2v) is 12.2. The zero-order valence-corrected chi connectivity index (χ0v) is 22.8. The second kappa shape index (κ2) is 6.64. The molecule has 0 amide bonds. The highest BCUT2D eigenvalue weighted by molar-refractivity contribution is 7.01. The topological polar surface area (TPSA) is 9.34 Å². The van der Waals surface area contributed by atoms with Crippen LogP contribution in [-0.4, -0.2) is 15.7 Å². The van der Waals surface area contributed by atoms with E-state index in [1.165, 1.54) is 105 Å². The molecule has 2 nitrogen and oxygen atoms in total. The van der Waals surface area contributed by atoms with Gasteiger partial charge < -0.3 is 0 Å². The van der Waals surface area contributed by atoms with Crippen LogP contribution >= 0.6 is 0 Å². The lowest BCUT2D eigenvalue weighted by Gasteiger charge is -2.34. The van der Waals surface area contributed by atoms with E-state index in [2.05, 4.69) is 126 Å². The summed E-state index contributed by atoms with van der Waals surface area (Å²) in [5.74, 6) is 0. The number of aryl methyl sites for hydroxylation is 2. The fraction of sp³-hybridized carbons (Fsp3) is 0.0526. The number of benzene rings is 6. The lowest BCUT2D eigenvalue weighted by Crippen LogP contribution is -2.58. The van der Waals surface area contributed by atoms with E-state index in [1.807, 2.05) is 0 Å². The SMILES string of the molecule is Cc1cc2c3c(c1)-n1c4c(cccc4n4c5ccccc5c(C)c14)B3c1ccc3c4c(ccc-2c14)-c1ccccc1-3. The Morgan fingerprint density at radius 3 is 2.10 bits per heavy atom. The summed E-state index contributed by atoms with van der Waals surface area (Å²) in [4.78, 5) is 0. The van der Waals surface area contributed by atoms with Crippen molar-refractivity contribution in [3.8, 4) is 39.1 Å². The number of hydrogen-bond donors (Lipinski definition) is 0. The van der Waals surface area contributed by atoms with Gasteiger partial charge in [0.2, 0.25) is 6.71 Å². The number of rotatable bonds is 0. The minimum absolute atomic E-state index is 0.198. The Labute approximate surface area is 237 Å². The molecule has 41 heavy (non-hydrogen) atoms. The molecular weight excluding hydrogens is 495 g/mol. The fourth-order valence-corrected chi connectivity index (χ4v) is 8.80. The molecule has 8 aromatic rings. The molecule has 0 bridgehead atoms. The number of nitrogens with zero attached hydrogens (tertiary/aromatic N) is 2. The van der Waals surface area contributed by atoms with Gasteiger partial charge in [-0.1, -0.05) is 90.4 Å². The molecule has 188 valence electrons. The van der Waals surface area contributed by atoms with Crippen LogP contribution in [0, 0.1) is 13.8 Å². The first-order valence-corrected chi connectivity index (χ1v) is 14.6. The van der Waals surface area contributed by atoms with Gasteiger partial charge in [0.25, 0.3) is 0 Å². The van der Waals surface area contributed by atoms with E-state index in [9.17, 15) is 0 Å². The second-order valence-electron chi connectivity index (χ2n) is 12.2. The van der Waals surface area contributed by atoms with E-state index in [-0.39, 0.29) is 6.71 Å². The van der Waals surface area contributed by atoms with Crippen molar-refractivity contribution >= 4 is 61.5 Å². The van der Waals surface area contributed by atoms with Crippen LogP contribution in [0.25, 0.3) is 77.4 Å². The number of fused-ring (bicyclic) bond motifs is 12. The summed E-state index contributed by atoms with van der Waals surface area (Å²) in [5.41, 5.74) is 21.7. The van der Waals surface area contributed by atoms with Gasteiger partial charge in [0.15, 0.2) is 0 Å². The number of para-hydroxylation sites is 2. The first-order chi connectivity index (χ1) is 20.2. The van der Waals surface area contributed by atoms with Gasteiger partial charge in [0.1, 0.15) is 5.65 Å². The Bertz CT molecular complexity index is 2530. The number of aromatic nitrogens is 2. The maximum Gasteiger partial charge on any atom is 0.248 e. The van der Waals surface area contributed by atoms with Crippen molar-refractivity contribution in [1.29, 1.82) is 0 Å². The molecule has 0 N–H and O–H groups in total. The van der Waals surface area contributed by atoms with Gasteiger partial charge in [-0.2, -0.15) is 0 Å². The minimum Gasteiger partial charge on any atom is -0.295 e. The number of hydrogen-bond acceptors (Lipinski definition) is 0. The van der Waals surface area contributed by atoms with Crippen LogP contribution in [0.1, 0.15) is 11.1 Å². The Kier molecular flexibility index (Phi) is 3.38. The molecule has 3 aliphatic rings. The van der Waals surface area contributed by atoms with Gasteiger partial charge in [-0.3, -0.25) is 8.97 Å². The third-order valence-corrected chi connectivity index (χ3v) is 10.3. The Balaban J connectivity index is 1.37. The monoisotopic (exact) mass is 518 g/mol. The zero-order chi connectivity index (χ0) is 26.7. The third kappa shape index (κ3) is 2.15. The van der Waals surface area contributed by atoms with E-state index < -0.39 is 0 Å². The lowest BCUT2D eigenvalue weighted by molar-refractivity contribution is 1.14. The van der Waals surface area contributed by atoms with Crippen molar-refractivity contribution in [2.45, 2.75) is 13.8 Å². The van der Waals surface area contributed by atoms with Gasteiger partial charge in [-0.25, -0.2) is 0 Å². The van der Waals surface area contributed by atoms with Crippen molar-refractivity contribution in [3.05, 3.63) is 114 Å². The van der Waals surface area contributed by atoms with Crippen molar-refractivity contribution < 1.29 is 0 Å². The third-order valence-electron chi connectivity index (χ3n) is 10.3. The first kappa shape index (κ1) is 20.8. The van der Waals surface area contributed by atoms with Crippen LogP contribution in [0.15, 0.2) is 103 Å². The van der Waals surface area contributed by atoms with Gasteiger partial charge in [-0.15, -0.1) is 0 Å². The molecule has 0 unspecified atom stereocenters. The molecule has 0 radical (unpaired) electrons. The van der Waals surface area contributed by atoms with E-state index in [0.717, 1.165) is 0 Å². The van der Waals surface area contributed by atoms with Crippen molar-refractivity contribution in [2.75, 3.05) is 0 Å². The molecule has 2 aliphatic heterocycles. The molecule has 4 heterocycles. The molecule has 0 saturated carbocycles. The van der Waals surface area contributed by atoms with Gasteiger partial charge >= 0.3 is 0 Å². The van der Waals surface area contributed by atoms with Crippen LogP contribution in [0.5, 0.6) is 0 Å². The summed E-state index contributed by atoms with van der Waals surface area (Å²) in [7, 11) is 0. The predicted octanol–water partition coefficient (Wildman–Crippen LogP) is 7.26. The molecule has 3 heteroatoms. The smallest absolute Gasteiger partial charge is 0.248 e. The maximum atomic E-state index is 2.58. The highest BCUT2D eigenvalue weighted by Gasteiger charge is 2.41. The molecule has 0 fully saturated rings. The standard InChI is InChI=1S/C38H23BN2/c1-20-18-28-27-15-14-25-23-9-3-4-10-24(23)26-16-17-29(35(27)34(25)26)39-30-11-7-13-32-37(30)41(33(19-20)36(28)39)38-21(2)22-8-5-6-12-31(22)40(32)38/h3-19H,1-2H3. The molecule has 0 spiro atoms. The van der Waals surface area contributed by atoms with Crippen molar-refractivity contribution in [2.24, 2.45) is 0 Å². The van der Waals surface area contributed by atoms with E-state index in [4.69, 9.17) is 0 Å². The molecule has 2 aromatic heterocycles. The van der Waals surface area contributed by atoms with Crippen LogP contribution < -0.4 is 16.4 Å². The quantitative estimate of drug-likeness (QED) is 0.187. The first-order valence-electron chi connectivity index (χ1n) is 14.6. The average molecular weight is 518 g/mol. The van der Waals surface area contributed by atoms with Crippen LogP contribution in [0.4, 0.5) is 0 Å². The van der Waals surface area contributed by atoms with Crippen molar-refractivity contribution in [3.63, 3.8) is 0 Å². The molecule has 0 saturated heterocycles. The van der Waals surface area contributed by atoms with E-state index >= 15 is 0 Å². The van der Waals surface area contributed by atoms with Crippen LogP contribution in [0.3, 0.4) is 0 Å². The largest absolute Gasteiger partial charge is 0.295 e. The summed E-state index contributed by atoms with van der Waals surface area (Å²) in [6, 6.07) is 39.2. The van der Waals surface area contributed by atoms with Gasteiger partial charge in [0.05, 0.1) is 16.6 Å². The summed E-state index contributed by atoms with van der Waals surface area (Å²) in [6.45, 7) is 4.75. The van der Waals surface area contributed by atoms with Crippen LogP contribution in [-0.2, 0) is 0 Å². The van der Waals surface area contributed by atoms with Crippen molar-refractivity contribution in [1.82, 2.24) is 8.97 Å². The molecular formula is C38H23BN2. The maximum absolute atomic E-state index is 2.58. The summed E-state index contributed by atoms with van der Waals surface area (Å²) < 4.78 is 5.09. The predicted molar refractivity (Wildman–Crippen MR) is 173 cm³/mol. The molecule has 1 aliphatic carbocycles. The molecule has 0 atom stereocenters. The van der Waals surface area contributed by atoms with E-state index in [0.29, 0.717) is 0 Å². The molecule has 6 aromatic carbocycles. The fourth-order valence-electron chi connectivity index (χ4n) is 8.80.